The van der Waals surface area contributed by atoms with Gasteiger partial charge < -0.3 is 16.4 Å². The van der Waals surface area contributed by atoms with Crippen molar-refractivity contribution in [3.8, 4) is 6.07 Å². The summed E-state index contributed by atoms with van der Waals surface area (Å²) in [5.74, 6) is 0.521. The lowest BCUT2D eigenvalue weighted by atomic mass is 10.0. The number of nitrogens with one attached hydrogen (secondary N) is 2. The summed E-state index contributed by atoms with van der Waals surface area (Å²) in [4.78, 5) is 4.11. The largest absolute Gasteiger partial charge is 0.382 e. The molecule has 1 unspecified atom stereocenters. The van der Waals surface area contributed by atoms with E-state index >= 15 is 0 Å². The van der Waals surface area contributed by atoms with Gasteiger partial charge in [-0.1, -0.05) is 42.5 Å². The van der Waals surface area contributed by atoms with Gasteiger partial charge in [-0.15, -0.1) is 0 Å². The van der Waals surface area contributed by atoms with Crippen molar-refractivity contribution >= 4 is 11.5 Å². The summed E-state index contributed by atoms with van der Waals surface area (Å²) in [7, 11) is 0. The predicted octanol–water partition coefficient (Wildman–Crippen LogP) is 3.91. The van der Waals surface area contributed by atoms with E-state index in [4.69, 9.17) is 11.0 Å². The van der Waals surface area contributed by atoms with Gasteiger partial charge in [-0.2, -0.15) is 5.26 Å². The molecule has 0 aliphatic heterocycles. The van der Waals surface area contributed by atoms with Crippen LogP contribution in [0.25, 0.3) is 0 Å². The lowest BCUT2D eigenvalue weighted by Gasteiger charge is -2.20. The highest BCUT2D eigenvalue weighted by Crippen LogP contribution is 2.19. The molecule has 3 aromatic rings. The minimum absolute atomic E-state index is 0.241. The van der Waals surface area contributed by atoms with Crippen molar-refractivity contribution in [2.24, 2.45) is 0 Å². The lowest BCUT2D eigenvalue weighted by Crippen LogP contribution is -2.26. The average Bonchev–Trinajstić information content (AvgIpc) is 2.75. The topological polar surface area (TPSA) is 86.8 Å². The molecule has 0 aliphatic rings. The molecule has 4 N–H and O–H groups in total. The lowest BCUT2D eigenvalue weighted by molar-refractivity contribution is 0.514. The van der Waals surface area contributed by atoms with E-state index in [1.165, 1.54) is 11.1 Å². The summed E-state index contributed by atoms with van der Waals surface area (Å²) in [5.41, 5.74) is 9.95. The molecule has 0 radical (unpaired) electrons. The number of nitriles is 1. The number of nitrogens with zero attached hydrogens (tertiary/aromatic N) is 2. The zero-order chi connectivity index (χ0) is 19.6. The molecule has 2 aromatic carbocycles. The Morgan fingerprint density at radius 1 is 0.964 bits per heavy atom. The first kappa shape index (κ1) is 19.4. The molecule has 0 spiro atoms. The number of anilines is 2. The minimum atomic E-state index is 0.241. The Kier molecular flexibility index (Phi) is 7.00. The normalized spacial score (nSPS) is 11.5. The number of hydrogen-bond donors (Lipinski definition) is 3. The van der Waals surface area contributed by atoms with Crippen LogP contribution in [0.2, 0.25) is 0 Å². The second kappa shape index (κ2) is 10.1. The molecule has 0 saturated carbocycles. The Bertz CT molecular complexity index is 900. The number of hydrogen-bond acceptors (Lipinski definition) is 5. The van der Waals surface area contributed by atoms with Crippen molar-refractivity contribution < 1.29 is 0 Å². The number of aromatic nitrogens is 1. The number of nitrogen functional groups attached to an aromatic ring is 1. The van der Waals surface area contributed by atoms with Gasteiger partial charge in [0.05, 0.1) is 17.3 Å². The van der Waals surface area contributed by atoms with Gasteiger partial charge >= 0.3 is 0 Å². The van der Waals surface area contributed by atoms with Crippen LogP contribution in [-0.2, 0) is 6.42 Å². The van der Waals surface area contributed by atoms with Crippen molar-refractivity contribution in [3.05, 3.63) is 89.6 Å². The van der Waals surface area contributed by atoms with E-state index in [-0.39, 0.29) is 6.04 Å². The van der Waals surface area contributed by atoms with Gasteiger partial charge in [0.2, 0.25) is 0 Å². The molecule has 28 heavy (non-hydrogen) atoms. The second-order valence-electron chi connectivity index (χ2n) is 6.63. The maximum Gasteiger partial charge on any atom is 0.146 e. The minimum Gasteiger partial charge on any atom is -0.382 e. The summed E-state index contributed by atoms with van der Waals surface area (Å²) >= 11 is 0. The third-order valence-corrected chi connectivity index (χ3v) is 4.68. The van der Waals surface area contributed by atoms with E-state index in [1.807, 2.05) is 42.5 Å². The van der Waals surface area contributed by atoms with E-state index in [1.54, 1.807) is 6.20 Å². The Morgan fingerprint density at radius 2 is 1.75 bits per heavy atom. The number of rotatable bonds is 9. The van der Waals surface area contributed by atoms with Gasteiger partial charge in [0.25, 0.3) is 0 Å². The molecule has 142 valence electrons. The molecule has 5 nitrogen and oxygen atoms in total. The quantitative estimate of drug-likeness (QED) is 0.531. The van der Waals surface area contributed by atoms with Gasteiger partial charge in [0.1, 0.15) is 5.82 Å². The average molecular weight is 371 g/mol. The first-order chi connectivity index (χ1) is 13.8. The molecular formula is C23H25N5. The smallest absolute Gasteiger partial charge is 0.146 e. The fourth-order valence-electron chi connectivity index (χ4n) is 3.13. The summed E-state index contributed by atoms with van der Waals surface area (Å²) in [6, 6.07) is 24.5. The first-order valence-corrected chi connectivity index (χ1v) is 9.48. The van der Waals surface area contributed by atoms with E-state index in [0.717, 1.165) is 31.6 Å². The van der Waals surface area contributed by atoms with Gasteiger partial charge in [-0.05, 0) is 54.8 Å². The Morgan fingerprint density at radius 3 is 2.46 bits per heavy atom. The number of nitrogens with two attached hydrogens (primary N) is 1. The molecule has 1 atom stereocenters. The van der Waals surface area contributed by atoms with Gasteiger partial charge in [0, 0.05) is 18.8 Å². The van der Waals surface area contributed by atoms with Crippen LogP contribution in [0.3, 0.4) is 0 Å². The van der Waals surface area contributed by atoms with Crippen molar-refractivity contribution in [1.29, 1.82) is 5.26 Å². The van der Waals surface area contributed by atoms with Crippen LogP contribution in [0.15, 0.2) is 72.9 Å². The van der Waals surface area contributed by atoms with Crippen molar-refractivity contribution in [2.75, 3.05) is 24.1 Å². The molecule has 5 heteroatoms. The van der Waals surface area contributed by atoms with Crippen molar-refractivity contribution in [3.63, 3.8) is 0 Å². The molecule has 3 rings (SSSR count). The van der Waals surface area contributed by atoms with Crippen LogP contribution in [0, 0.1) is 11.3 Å². The fourth-order valence-corrected chi connectivity index (χ4v) is 3.13. The SMILES string of the molecule is N#Cc1ccc(CCNC(CCNc2cccnc2N)c2ccccc2)cc1. The molecule has 0 saturated heterocycles. The summed E-state index contributed by atoms with van der Waals surface area (Å²) in [6.07, 6.45) is 3.53. The number of benzene rings is 2. The van der Waals surface area contributed by atoms with Crippen molar-refractivity contribution in [1.82, 2.24) is 10.3 Å². The van der Waals surface area contributed by atoms with Crippen LogP contribution in [0.5, 0.6) is 0 Å². The van der Waals surface area contributed by atoms with Crippen LogP contribution >= 0.6 is 0 Å². The maximum absolute atomic E-state index is 8.91. The molecule has 1 heterocycles. The van der Waals surface area contributed by atoms with E-state index in [2.05, 4.69) is 46.0 Å². The van der Waals surface area contributed by atoms with Crippen LogP contribution in [0.1, 0.15) is 29.2 Å². The van der Waals surface area contributed by atoms with Gasteiger partial charge in [0.15, 0.2) is 0 Å². The summed E-state index contributed by atoms with van der Waals surface area (Å²) in [6.45, 7) is 1.65. The number of pyridine rings is 1. The first-order valence-electron chi connectivity index (χ1n) is 9.48. The molecule has 0 aliphatic carbocycles. The maximum atomic E-state index is 8.91. The Balaban J connectivity index is 1.56. The van der Waals surface area contributed by atoms with Gasteiger partial charge in [-0.25, -0.2) is 4.98 Å². The predicted molar refractivity (Wildman–Crippen MR) is 114 cm³/mol. The Labute approximate surface area is 166 Å². The summed E-state index contributed by atoms with van der Waals surface area (Å²) in [5, 5.41) is 15.9. The summed E-state index contributed by atoms with van der Waals surface area (Å²) < 4.78 is 0. The molecule has 0 fully saturated rings. The zero-order valence-electron chi connectivity index (χ0n) is 15.8. The van der Waals surface area contributed by atoms with Crippen LogP contribution in [-0.4, -0.2) is 18.1 Å². The third kappa shape index (κ3) is 5.57. The highest BCUT2D eigenvalue weighted by molar-refractivity contribution is 5.60. The highest BCUT2D eigenvalue weighted by Gasteiger charge is 2.11. The van der Waals surface area contributed by atoms with E-state index in [9.17, 15) is 0 Å². The van der Waals surface area contributed by atoms with Crippen molar-refractivity contribution in [2.45, 2.75) is 18.9 Å². The monoisotopic (exact) mass is 371 g/mol. The molecule has 0 amide bonds. The second-order valence-corrected chi connectivity index (χ2v) is 6.63. The van der Waals surface area contributed by atoms with E-state index in [0.29, 0.717) is 11.4 Å². The molecule has 0 bridgehead atoms. The molecule has 1 aromatic heterocycles. The Hall–Kier alpha value is -3.36. The highest BCUT2D eigenvalue weighted by atomic mass is 15.0. The third-order valence-electron chi connectivity index (χ3n) is 4.68. The zero-order valence-corrected chi connectivity index (χ0v) is 15.8. The van der Waals surface area contributed by atoms with Crippen LogP contribution in [0.4, 0.5) is 11.5 Å². The van der Waals surface area contributed by atoms with E-state index < -0.39 is 0 Å². The fraction of sp³-hybridized carbons (Fsp3) is 0.217. The molecular weight excluding hydrogens is 346 g/mol. The standard InChI is InChI=1S/C23H25N5/c24-17-19-10-8-18(9-11-19)12-15-26-21(20-5-2-1-3-6-20)13-16-27-22-7-4-14-28-23(22)25/h1-11,14,21,26-27H,12-13,15-16H2,(H2,25,28). The van der Waals surface area contributed by atoms with Crippen LogP contribution < -0.4 is 16.4 Å². The van der Waals surface area contributed by atoms with Gasteiger partial charge in [-0.3, -0.25) is 0 Å².